The molecule has 1 aromatic heterocycles. The van der Waals surface area contributed by atoms with Crippen molar-refractivity contribution in [2.24, 2.45) is 5.90 Å². The minimum absolute atomic E-state index is 0.133. The molecule has 1 fully saturated rings. The lowest BCUT2D eigenvalue weighted by Crippen LogP contribution is -2.17. The summed E-state index contributed by atoms with van der Waals surface area (Å²) in [6.07, 6.45) is 1.94. The highest BCUT2D eigenvalue weighted by molar-refractivity contribution is 5.90. The lowest BCUT2D eigenvalue weighted by Gasteiger charge is -2.08. The maximum absolute atomic E-state index is 11.4. The van der Waals surface area contributed by atoms with Gasteiger partial charge in [0.25, 0.3) is 0 Å². The Hall–Kier alpha value is -1.33. The smallest absolute Gasteiger partial charge is 0.341 e. The van der Waals surface area contributed by atoms with E-state index in [2.05, 4.69) is 9.57 Å². The first-order valence-electron chi connectivity index (χ1n) is 5.14. The van der Waals surface area contributed by atoms with E-state index in [1.165, 1.54) is 7.11 Å². The van der Waals surface area contributed by atoms with Gasteiger partial charge in [-0.15, -0.1) is 0 Å². The molecule has 16 heavy (non-hydrogen) atoms. The van der Waals surface area contributed by atoms with E-state index in [0.717, 1.165) is 18.6 Å². The van der Waals surface area contributed by atoms with E-state index in [-0.39, 0.29) is 11.4 Å². The van der Waals surface area contributed by atoms with Crippen LogP contribution >= 0.6 is 0 Å². The lowest BCUT2D eigenvalue weighted by molar-refractivity contribution is 0.0599. The molecule has 1 saturated carbocycles. The van der Waals surface area contributed by atoms with Gasteiger partial charge in [0.15, 0.2) is 0 Å². The Balaban J connectivity index is 2.27. The molecule has 5 heteroatoms. The van der Waals surface area contributed by atoms with E-state index in [0.29, 0.717) is 17.9 Å². The molecular weight excluding hydrogens is 210 g/mol. The standard InChI is InChI=1S/C11H15NO4/c1-7-8(10(13)14-2)5-9(16-7)11(3-4-11)6-15-12/h5H,3-4,6,12H2,1-2H3. The number of hydrogen-bond donors (Lipinski definition) is 1. The first-order valence-corrected chi connectivity index (χ1v) is 5.14. The van der Waals surface area contributed by atoms with Crippen LogP contribution in [-0.2, 0) is 15.0 Å². The molecule has 0 spiro atoms. The number of methoxy groups -OCH3 is 1. The molecule has 0 unspecified atom stereocenters. The van der Waals surface area contributed by atoms with Gasteiger partial charge in [-0.25, -0.2) is 10.7 Å². The molecule has 1 aliphatic carbocycles. The monoisotopic (exact) mass is 225 g/mol. The Kier molecular flexibility index (Phi) is 2.73. The number of nitrogens with two attached hydrogens (primary N) is 1. The fraction of sp³-hybridized carbons (Fsp3) is 0.545. The highest BCUT2D eigenvalue weighted by Gasteiger charge is 2.48. The minimum Gasteiger partial charge on any atom is -0.465 e. The molecule has 1 aliphatic rings. The van der Waals surface area contributed by atoms with Crippen LogP contribution in [0.3, 0.4) is 0 Å². The molecule has 0 aliphatic heterocycles. The summed E-state index contributed by atoms with van der Waals surface area (Å²) in [6, 6.07) is 1.73. The number of aryl methyl sites for hydroxylation is 1. The normalized spacial score (nSPS) is 17.2. The van der Waals surface area contributed by atoms with Crippen LogP contribution in [0.5, 0.6) is 0 Å². The second-order valence-electron chi connectivity index (χ2n) is 4.16. The van der Waals surface area contributed by atoms with Crippen molar-refractivity contribution in [3.8, 4) is 0 Å². The fourth-order valence-corrected chi connectivity index (χ4v) is 1.83. The molecule has 0 atom stereocenters. The van der Waals surface area contributed by atoms with Gasteiger partial charge in [0.1, 0.15) is 17.1 Å². The summed E-state index contributed by atoms with van der Waals surface area (Å²) in [5.41, 5.74) is 0.340. The van der Waals surface area contributed by atoms with Crippen molar-refractivity contribution in [2.75, 3.05) is 13.7 Å². The predicted molar refractivity (Wildman–Crippen MR) is 55.8 cm³/mol. The van der Waals surface area contributed by atoms with Crippen molar-refractivity contribution in [2.45, 2.75) is 25.2 Å². The summed E-state index contributed by atoms with van der Waals surface area (Å²) in [7, 11) is 1.35. The van der Waals surface area contributed by atoms with Crippen LogP contribution in [0, 0.1) is 6.92 Å². The van der Waals surface area contributed by atoms with Gasteiger partial charge in [-0.2, -0.15) is 0 Å². The molecule has 1 heterocycles. The number of rotatable bonds is 4. The van der Waals surface area contributed by atoms with Gasteiger partial charge in [0.2, 0.25) is 0 Å². The molecule has 1 aromatic rings. The third-order valence-corrected chi connectivity index (χ3v) is 3.06. The maximum Gasteiger partial charge on any atom is 0.341 e. The van der Waals surface area contributed by atoms with Gasteiger partial charge in [0.05, 0.1) is 19.1 Å². The molecule has 5 nitrogen and oxygen atoms in total. The predicted octanol–water partition coefficient (Wildman–Crippen LogP) is 1.30. The fourth-order valence-electron chi connectivity index (χ4n) is 1.83. The lowest BCUT2D eigenvalue weighted by atomic mass is 10.0. The Bertz CT molecular complexity index is 406. The van der Waals surface area contributed by atoms with Crippen LogP contribution in [0.1, 0.15) is 34.7 Å². The molecule has 88 valence electrons. The van der Waals surface area contributed by atoms with Gasteiger partial charge in [-0.05, 0) is 25.8 Å². The number of carbonyl (C=O) groups excluding carboxylic acids is 1. The number of furan rings is 1. The minimum atomic E-state index is -0.378. The second kappa shape index (κ2) is 3.92. The van der Waals surface area contributed by atoms with Crippen molar-refractivity contribution in [3.63, 3.8) is 0 Å². The number of esters is 1. The van der Waals surface area contributed by atoms with Crippen LogP contribution in [0.15, 0.2) is 10.5 Å². The molecule has 2 N–H and O–H groups in total. The number of ether oxygens (including phenoxy) is 1. The van der Waals surface area contributed by atoms with E-state index in [1.807, 2.05) is 0 Å². The molecule has 0 saturated heterocycles. The molecule has 0 amide bonds. The third kappa shape index (κ3) is 1.72. The third-order valence-electron chi connectivity index (χ3n) is 3.06. The topological polar surface area (TPSA) is 74.7 Å². The zero-order chi connectivity index (χ0) is 11.8. The van der Waals surface area contributed by atoms with E-state index in [1.54, 1.807) is 13.0 Å². The van der Waals surface area contributed by atoms with Crippen LogP contribution in [0.25, 0.3) is 0 Å². The molecule has 0 bridgehead atoms. The Morgan fingerprint density at radius 3 is 2.81 bits per heavy atom. The van der Waals surface area contributed by atoms with Crippen LogP contribution < -0.4 is 5.90 Å². The summed E-state index contributed by atoms with van der Waals surface area (Å²) in [5.74, 6) is 6.05. The van der Waals surface area contributed by atoms with Crippen molar-refractivity contribution in [1.82, 2.24) is 0 Å². The van der Waals surface area contributed by atoms with Crippen LogP contribution in [-0.4, -0.2) is 19.7 Å². The van der Waals surface area contributed by atoms with Crippen LogP contribution in [0.4, 0.5) is 0 Å². The van der Waals surface area contributed by atoms with E-state index >= 15 is 0 Å². The molecule has 0 radical (unpaired) electrons. The molecule has 0 aromatic carbocycles. The Labute approximate surface area is 93.5 Å². The van der Waals surface area contributed by atoms with Crippen molar-refractivity contribution >= 4 is 5.97 Å². The summed E-state index contributed by atoms with van der Waals surface area (Å²) in [4.78, 5) is 16.1. The van der Waals surface area contributed by atoms with Crippen molar-refractivity contribution in [1.29, 1.82) is 0 Å². The average Bonchev–Trinajstić information content (AvgIpc) is 2.94. The number of hydrogen-bond acceptors (Lipinski definition) is 5. The van der Waals surface area contributed by atoms with Gasteiger partial charge >= 0.3 is 5.97 Å². The van der Waals surface area contributed by atoms with Gasteiger partial charge < -0.3 is 14.0 Å². The van der Waals surface area contributed by atoms with Crippen LogP contribution in [0.2, 0.25) is 0 Å². The van der Waals surface area contributed by atoms with E-state index in [9.17, 15) is 4.79 Å². The van der Waals surface area contributed by atoms with Gasteiger partial charge in [0, 0.05) is 0 Å². The van der Waals surface area contributed by atoms with Gasteiger partial charge in [-0.1, -0.05) is 0 Å². The SMILES string of the molecule is COC(=O)c1cc(C2(CON)CC2)oc1C. The first-order chi connectivity index (χ1) is 7.63. The van der Waals surface area contributed by atoms with Crippen molar-refractivity contribution < 1.29 is 18.8 Å². The molecular formula is C11H15NO4. The zero-order valence-corrected chi connectivity index (χ0v) is 9.41. The summed E-state index contributed by atoms with van der Waals surface area (Å²) in [6.45, 7) is 2.16. The summed E-state index contributed by atoms with van der Waals surface area (Å²) in [5, 5.41) is 0. The zero-order valence-electron chi connectivity index (χ0n) is 9.41. The highest BCUT2D eigenvalue weighted by Crippen LogP contribution is 2.49. The van der Waals surface area contributed by atoms with Gasteiger partial charge in [-0.3, -0.25) is 0 Å². The van der Waals surface area contributed by atoms with Crippen molar-refractivity contribution in [3.05, 3.63) is 23.2 Å². The first kappa shape index (κ1) is 11.2. The Morgan fingerprint density at radius 2 is 2.31 bits per heavy atom. The second-order valence-corrected chi connectivity index (χ2v) is 4.16. The maximum atomic E-state index is 11.4. The quantitative estimate of drug-likeness (QED) is 0.617. The number of carbonyl (C=O) groups is 1. The summed E-state index contributed by atoms with van der Waals surface area (Å²) >= 11 is 0. The largest absolute Gasteiger partial charge is 0.465 e. The highest BCUT2D eigenvalue weighted by atomic mass is 16.6. The average molecular weight is 225 g/mol. The van der Waals surface area contributed by atoms with E-state index < -0.39 is 0 Å². The molecule has 2 rings (SSSR count). The summed E-state index contributed by atoms with van der Waals surface area (Å²) < 4.78 is 10.2. The van der Waals surface area contributed by atoms with E-state index in [4.69, 9.17) is 10.3 Å². The Morgan fingerprint density at radius 1 is 1.62 bits per heavy atom.